The molecule has 3 rings (SSSR count). The first kappa shape index (κ1) is 17.2. The summed E-state index contributed by atoms with van der Waals surface area (Å²) in [6.07, 6.45) is 1.43. The lowest BCUT2D eigenvalue weighted by Crippen LogP contribution is -2.32. The van der Waals surface area contributed by atoms with Crippen LogP contribution in [0.3, 0.4) is 0 Å². The van der Waals surface area contributed by atoms with Crippen molar-refractivity contribution in [3.8, 4) is 5.75 Å². The second-order valence-corrected chi connectivity index (χ2v) is 5.49. The first-order valence-electron chi connectivity index (χ1n) is 7.93. The minimum atomic E-state index is -0.850. The number of carbonyl (C=O) groups excluding carboxylic acids is 2. The van der Waals surface area contributed by atoms with Gasteiger partial charge in [-0.15, -0.1) is 0 Å². The van der Waals surface area contributed by atoms with Crippen molar-refractivity contribution in [3.63, 3.8) is 0 Å². The molecule has 0 radical (unpaired) electrons. The van der Waals surface area contributed by atoms with Gasteiger partial charge in [0, 0.05) is 5.69 Å². The predicted molar refractivity (Wildman–Crippen MR) is 101 cm³/mol. The Morgan fingerprint density at radius 3 is 2.54 bits per heavy atom. The monoisotopic (exact) mass is 347 g/mol. The second-order valence-electron chi connectivity index (χ2n) is 5.49. The summed E-state index contributed by atoms with van der Waals surface area (Å²) < 4.78 is 5.10. The van der Waals surface area contributed by atoms with Gasteiger partial charge in [-0.3, -0.25) is 9.59 Å². The van der Waals surface area contributed by atoms with Gasteiger partial charge in [0.05, 0.1) is 13.3 Å². The van der Waals surface area contributed by atoms with Crippen LogP contribution in [0.5, 0.6) is 5.75 Å². The van der Waals surface area contributed by atoms with Crippen molar-refractivity contribution < 1.29 is 14.3 Å². The van der Waals surface area contributed by atoms with E-state index in [-0.39, 0.29) is 0 Å². The number of rotatable bonds is 4. The van der Waals surface area contributed by atoms with Gasteiger partial charge in [0.1, 0.15) is 5.75 Å². The average Bonchev–Trinajstić information content (AvgIpc) is 2.68. The molecule has 26 heavy (non-hydrogen) atoms. The summed E-state index contributed by atoms with van der Waals surface area (Å²) in [6, 6.07) is 20.3. The largest absolute Gasteiger partial charge is 0.497 e. The number of hydrogen-bond donors (Lipinski definition) is 2. The van der Waals surface area contributed by atoms with E-state index in [9.17, 15) is 9.59 Å². The number of amides is 2. The van der Waals surface area contributed by atoms with E-state index < -0.39 is 11.8 Å². The maximum absolute atomic E-state index is 12.0. The Hall–Kier alpha value is -3.67. The standard InChI is InChI=1S/C20H17N3O3/c1-26-18-8-4-5-14(11-18)13-21-23-20(25)19(24)22-17-10-9-15-6-2-3-7-16(15)12-17/h2-13H,1H3,(H,22,24)(H,23,25). The highest BCUT2D eigenvalue weighted by Crippen LogP contribution is 2.18. The molecule has 0 heterocycles. The molecule has 6 heteroatoms. The van der Waals surface area contributed by atoms with Crippen LogP contribution in [-0.2, 0) is 9.59 Å². The lowest BCUT2D eigenvalue weighted by Gasteiger charge is -2.05. The minimum absolute atomic E-state index is 0.542. The van der Waals surface area contributed by atoms with Crippen LogP contribution in [0.15, 0.2) is 71.8 Å². The molecule has 0 aliphatic heterocycles. The summed E-state index contributed by atoms with van der Waals surface area (Å²) in [6.45, 7) is 0. The van der Waals surface area contributed by atoms with Crippen LogP contribution in [0.1, 0.15) is 5.56 Å². The maximum Gasteiger partial charge on any atom is 0.329 e. The zero-order valence-corrected chi connectivity index (χ0v) is 14.1. The maximum atomic E-state index is 12.0. The highest BCUT2D eigenvalue weighted by Gasteiger charge is 2.12. The van der Waals surface area contributed by atoms with Crippen LogP contribution >= 0.6 is 0 Å². The number of anilines is 1. The number of fused-ring (bicyclic) bond motifs is 1. The molecule has 0 aliphatic rings. The summed E-state index contributed by atoms with van der Waals surface area (Å²) in [5.74, 6) is -0.963. The Morgan fingerprint density at radius 2 is 1.73 bits per heavy atom. The van der Waals surface area contributed by atoms with Gasteiger partial charge in [0.2, 0.25) is 0 Å². The van der Waals surface area contributed by atoms with E-state index in [1.165, 1.54) is 6.21 Å². The van der Waals surface area contributed by atoms with Gasteiger partial charge in [-0.1, -0.05) is 42.5 Å². The van der Waals surface area contributed by atoms with Crippen LogP contribution in [0.25, 0.3) is 10.8 Å². The summed E-state index contributed by atoms with van der Waals surface area (Å²) in [4.78, 5) is 23.8. The Labute approximate surface area is 150 Å². The van der Waals surface area contributed by atoms with Gasteiger partial charge in [0.25, 0.3) is 0 Å². The highest BCUT2D eigenvalue weighted by atomic mass is 16.5. The topological polar surface area (TPSA) is 79.8 Å². The van der Waals surface area contributed by atoms with Gasteiger partial charge >= 0.3 is 11.8 Å². The molecule has 0 saturated heterocycles. The van der Waals surface area contributed by atoms with E-state index in [0.29, 0.717) is 11.4 Å². The van der Waals surface area contributed by atoms with Crippen molar-refractivity contribution >= 4 is 34.5 Å². The van der Waals surface area contributed by atoms with Gasteiger partial charge < -0.3 is 10.1 Å². The molecule has 0 bridgehead atoms. The molecule has 0 aromatic heterocycles. The molecule has 0 saturated carbocycles. The summed E-state index contributed by atoms with van der Waals surface area (Å²) in [7, 11) is 1.56. The van der Waals surface area contributed by atoms with Crippen molar-refractivity contribution in [3.05, 3.63) is 72.3 Å². The van der Waals surface area contributed by atoms with E-state index in [2.05, 4.69) is 15.8 Å². The molecule has 130 valence electrons. The Bertz CT molecular complexity index is 983. The Balaban J connectivity index is 1.60. The molecule has 0 aliphatic carbocycles. The molecule has 0 fully saturated rings. The van der Waals surface area contributed by atoms with Gasteiger partial charge in [-0.25, -0.2) is 5.43 Å². The van der Waals surface area contributed by atoms with E-state index in [1.54, 1.807) is 43.5 Å². The third-order valence-electron chi connectivity index (χ3n) is 3.69. The second kappa shape index (κ2) is 7.94. The third kappa shape index (κ3) is 4.24. The third-order valence-corrected chi connectivity index (χ3v) is 3.69. The molecular weight excluding hydrogens is 330 g/mol. The fraction of sp³-hybridized carbons (Fsp3) is 0.0500. The Morgan fingerprint density at radius 1 is 0.923 bits per heavy atom. The Kier molecular flexibility index (Phi) is 5.24. The van der Waals surface area contributed by atoms with Crippen LogP contribution in [0.2, 0.25) is 0 Å². The minimum Gasteiger partial charge on any atom is -0.497 e. The fourth-order valence-electron chi connectivity index (χ4n) is 2.39. The molecule has 6 nitrogen and oxygen atoms in total. The van der Waals surface area contributed by atoms with E-state index in [4.69, 9.17) is 4.74 Å². The number of methoxy groups -OCH3 is 1. The van der Waals surface area contributed by atoms with Crippen molar-refractivity contribution in [1.29, 1.82) is 0 Å². The van der Waals surface area contributed by atoms with Crippen molar-refractivity contribution in [2.75, 3.05) is 12.4 Å². The number of hydrogen-bond acceptors (Lipinski definition) is 4. The van der Waals surface area contributed by atoms with Gasteiger partial charge in [0.15, 0.2) is 0 Å². The molecule has 0 unspecified atom stereocenters. The summed E-state index contributed by atoms with van der Waals surface area (Å²) >= 11 is 0. The molecule has 2 N–H and O–H groups in total. The molecular formula is C20H17N3O3. The van der Waals surface area contributed by atoms with Crippen LogP contribution in [-0.4, -0.2) is 25.1 Å². The number of nitrogens with zero attached hydrogens (tertiary/aromatic N) is 1. The van der Waals surface area contributed by atoms with Crippen LogP contribution < -0.4 is 15.5 Å². The van der Waals surface area contributed by atoms with Crippen molar-refractivity contribution in [2.45, 2.75) is 0 Å². The summed E-state index contributed by atoms with van der Waals surface area (Å²) in [5.41, 5.74) is 3.48. The van der Waals surface area contributed by atoms with E-state index in [0.717, 1.165) is 16.3 Å². The van der Waals surface area contributed by atoms with Gasteiger partial charge in [-0.05, 0) is 40.6 Å². The predicted octanol–water partition coefficient (Wildman–Crippen LogP) is 2.94. The van der Waals surface area contributed by atoms with Crippen molar-refractivity contribution in [1.82, 2.24) is 5.43 Å². The zero-order chi connectivity index (χ0) is 18.4. The van der Waals surface area contributed by atoms with Crippen LogP contribution in [0.4, 0.5) is 5.69 Å². The van der Waals surface area contributed by atoms with Crippen molar-refractivity contribution in [2.24, 2.45) is 5.10 Å². The quantitative estimate of drug-likeness (QED) is 0.433. The lowest BCUT2D eigenvalue weighted by molar-refractivity contribution is -0.136. The number of hydrazone groups is 1. The molecule has 3 aromatic carbocycles. The van der Waals surface area contributed by atoms with Gasteiger partial charge in [-0.2, -0.15) is 5.10 Å². The molecule has 3 aromatic rings. The smallest absolute Gasteiger partial charge is 0.329 e. The fourth-order valence-corrected chi connectivity index (χ4v) is 2.39. The molecule has 2 amide bonds. The molecule has 0 spiro atoms. The number of ether oxygens (including phenoxy) is 1. The zero-order valence-electron chi connectivity index (χ0n) is 14.1. The number of nitrogens with one attached hydrogen (secondary N) is 2. The number of benzene rings is 3. The lowest BCUT2D eigenvalue weighted by atomic mass is 10.1. The SMILES string of the molecule is COc1cccc(C=NNC(=O)C(=O)Nc2ccc3ccccc3c2)c1. The van der Waals surface area contributed by atoms with Crippen LogP contribution in [0, 0.1) is 0 Å². The normalized spacial score (nSPS) is 10.7. The summed E-state index contributed by atoms with van der Waals surface area (Å²) in [5, 5.41) is 8.37. The van der Waals surface area contributed by atoms with E-state index in [1.807, 2.05) is 30.3 Å². The average molecular weight is 347 g/mol. The first-order valence-corrected chi connectivity index (χ1v) is 7.93. The highest BCUT2D eigenvalue weighted by molar-refractivity contribution is 6.39. The van der Waals surface area contributed by atoms with E-state index >= 15 is 0 Å². The first-order chi connectivity index (χ1) is 12.7. The molecule has 0 atom stereocenters. The number of carbonyl (C=O) groups is 2.